The number of hydrogen-bond donors (Lipinski definition) is 1. The van der Waals surface area contributed by atoms with Crippen molar-refractivity contribution in [1.29, 1.82) is 0 Å². The van der Waals surface area contributed by atoms with E-state index in [2.05, 4.69) is 48.5 Å². The lowest BCUT2D eigenvalue weighted by Crippen LogP contribution is -2.22. The van der Waals surface area contributed by atoms with Gasteiger partial charge in [-0.2, -0.15) is 0 Å². The molecule has 6 aromatic rings. The smallest absolute Gasteiger partial charge is 0.289 e. The van der Waals surface area contributed by atoms with Crippen LogP contribution in [-0.4, -0.2) is 5.11 Å². The highest BCUT2D eigenvalue weighted by Gasteiger charge is 2.44. The van der Waals surface area contributed by atoms with E-state index in [1.807, 2.05) is 104 Å². The van der Waals surface area contributed by atoms with Gasteiger partial charge in [0.25, 0.3) is 7.37 Å². The third-order valence-corrected chi connectivity index (χ3v) is 10.3. The largest absolute Gasteiger partial charge is 0.508 e. The number of rotatable bonds is 4. The Morgan fingerprint density at radius 3 is 1.62 bits per heavy atom. The van der Waals surface area contributed by atoms with Crippen LogP contribution in [0.3, 0.4) is 0 Å². The first-order chi connectivity index (χ1) is 20.5. The van der Waals surface area contributed by atoms with Crippen LogP contribution < -0.4 is 9.83 Å². The van der Waals surface area contributed by atoms with E-state index in [9.17, 15) is 9.67 Å². The number of hydrogen-bond acceptors (Lipinski definition) is 3. The van der Waals surface area contributed by atoms with E-state index in [4.69, 9.17) is 4.52 Å². The number of aryl methyl sites for hydroxylation is 1. The van der Waals surface area contributed by atoms with Crippen LogP contribution in [0.25, 0.3) is 22.3 Å². The number of phenolic OH excluding ortho intramolecular Hbond substituents is 1. The van der Waals surface area contributed by atoms with Gasteiger partial charge in [0, 0.05) is 5.56 Å². The second-order valence-electron chi connectivity index (χ2n) is 10.3. The van der Waals surface area contributed by atoms with Gasteiger partial charge in [-0.15, -0.1) is 0 Å². The lowest BCUT2D eigenvalue weighted by Gasteiger charge is -2.34. The van der Waals surface area contributed by atoms with Crippen LogP contribution in [0, 0.1) is 6.92 Å². The SMILES string of the molecule is Cc1ccc(C(c2ccc(O)cc2)P2(=O)Oc3ccccc3-c3ccccc32)cc1.c1ccc(-c2ccccc2)cc1. The summed E-state index contributed by atoms with van der Waals surface area (Å²) in [6.07, 6.45) is 0. The van der Waals surface area contributed by atoms with Gasteiger partial charge in [-0.1, -0.05) is 139 Å². The molecule has 2 atom stereocenters. The maximum atomic E-state index is 14.8. The summed E-state index contributed by atoms with van der Waals surface area (Å²) >= 11 is 0. The van der Waals surface area contributed by atoms with Crippen LogP contribution in [-0.2, 0) is 4.57 Å². The molecule has 4 heteroatoms. The second kappa shape index (κ2) is 11.9. The molecule has 7 rings (SSSR count). The summed E-state index contributed by atoms with van der Waals surface area (Å²) in [5.74, 6) is 0.811. The zero-order valence-corrected chi connectivity index (χ0v) is 24.2. The summed E-state index contributed by atoms with van der Waals surface area (Å²) in [7, 11) is -3.40. The van der Waals surface area contributed by atoms with Gasteiger partial charge in [0.05, 0.1) is 5.30 Å². The topological polar surface area (TPSA) is 46.5 Å². The zero-order chi connectivity index (χ0) is 28.9. The summed E-state index contributed by atoms with van der Waals surface area (Å²) in [6.45, 7) is 2.03. The Bertz CT molecular complexity index is 1750. The molecule has 0 saturated carbocycles. The van der Waals surface area contributed by atoms with E-state index in [1.54, 1.807) is 12.1 Å². The Hall–Kier alpha value is -4.85. The van der Waals surface area contributed by atoms with Crippen molar-refractivity contribution in [2.45, 2.75) is 12.6 Å². The fraction of sp³-hybridized carbons (Fsp3) is 0.0526. The number of fused-ring (bicyclic) bond motifs is 3. The summed E-state index contributed by atoms with van der Waals surface area (Å²) in [5.41, 5.74) is 6.85. The third-order valence-electron chi connectivity index (χ3n) is 7.47. The fourth-order valence-corrected chi connectivity index (χ4v) is 8.27. The van der Waals surface area contributed by atoms with Crippen LogP contribution >= 0.6 is 7.37 Å². The minimum Gasteiger partial charge on any atom is -0.508 e. The fourth-order valence-electron chi connectivity index (χ4n) is 5.38. The highest BCUT2D eigenvalue weighted by atomic mass is 31.2. The van der Waals surface area contributed by atoms with E-state index in [0.29, 0.717) is 5.75 Å². The molecule has 206 valence electrons. The molecule has 0 radical (unpaired) electrons. The molecule has 1 N–H and O–H groups in total. The predicted molar refractivity (Wildman–Crippen MR) is 173 cm³/mol. The maximum absolute atomic E-state index is 14.8. The first kappa shape index (κ1) is 27.3. The zero-order valence-electron chi connectivity index (χ0n) is 23.3. The van der Waals surface area contributed by atoms with Crippen molar-refractivity contribution in [3.8, 4) is 33.8 Å². The van der Waals surface area contributed by atoms with Gasteiger partial charge in [-0.25, -0.2) is 0 Å². The Labute approximate surface area is 247 Å². The van der Waals surface area contributed by atoms with Crippen LogP contribution in [0.4, 0.5) is 0 Å². The molecule has 0 fully saturated rings. The van der Waals surface area contributed by atoms with Crippen LogP contribution in [0.5, 0.6) is 11.5 Å². The van der Waals surface area contributed by atoms with Crippen molar-refractivity contribution in [2.24, 2.45) is 0 Å². The maximum Gasteiger partial charge on any atom is 0.289 e. The van der Waals surface area contributed by atoms with Gasteiger partial charge in [0.15, 0.2) is 0 Å². The molecule has 3 nitrogen and oxygen atoms in total. The molecule has 0 bridgehead atoms. The molecule has 0 saturated heterocycles. The standard InChI is InChI=1S/C26H21O3P.C12H10/c1-18-10-12-19(13-11-18)26(20-14-16-21(27)17-15-20)30(28)25-9-5-3-7-23(25)22-6-2-4-8-24(22)29-30;1-3-7-11(8-4-1)12-9-5-2-6-10-12/h2-17,26-27H,1H3;1-10H. The molecule has 42 heavy (non-hydrogen) atoms. The van der Waals surface area contributed by atoms with Crippen molar-refractivity contribution >= 4 is 12.7 Å². The molecule has 1 heterocycles. The highest BCUT2D eigenvalue weighted by Crippen LogP contribution is 2.65. The lowest BCUT2D eigenvalue weighted by molar-refractivity contribution is 0.474. The highest BCUT2D eigenvalue weighted by molar-refractivity contribution is 7.68. The van der Waals surface area contributed by atoms with E-state index in [0.717, 1.165) is 33.1 Å². The molecule has 2 unspecified atom stereocenters. The average Bonchev–Trinajstić information content (AvgIpc) is 3.04. The van der Waals surface area contributed by atoms with Crippen LogP contribution in [0.2, 0.25) is 0 Å². The molecular formula is C38H31O3P. The first-order valence-corrected chi connectivity index (χ1v) is 15.7. The molecule has 0 amide bonds. The molecule has 1 aliphatic heterocycles. The molecule has 1 aliphatic rings. The second-order valence-corrected chi connectivity index (χ2v) is 12.7. The summed E-state index contributed by atoms with van der Waals surface area (Å²) in [5, 5.41) is 10.5. The summed E-state index contributed by atoms with van der Waals surface area (Å²) in [6, 6.07) is 51.3. The van der Waals surface area contributed by atoms with Gasteiger partial charge < -0.3 is 9.63 Å². The molecule has 0 spiro atoms. The van der Waals surface area contributed by atoms with E-state index >= 15 is 0 Å². The Morgan fingerprint density at radius 1 is 0.548 bits per heavy atom. The van der Waals surface area contributed by atoms with E-state index in [1.165, 1.54) is 11.1 Å². The molecule has 0 aromatic heterocycles. The quantitative estimate of drug-likeness (QED) is 0.216. The number of para-hydroxylation sites is 1. The van der Waals surface area contributed by atoms with Crippen molar-refractivity contribution in [3.05, 3.63) is 174 Å². The number of phenols is 1. The van der Waals surface area contributed by atoms with Gasteiger partial charge in [0.2, 0.25) is 0 Å². The third kappa shape index (κ3) is 5.52. The van der Waals surface area contributed by atoms with Crippen molar-refractivity contribution in [1.82, 2.24) is 0 Å². The molecule has 0 aliphatic carbocycles. The van der Waals surface area contributed by atoms with Gasteiger partial charge in [-0.05, 0) is 59.0 Å². The Balaban J connectivity index is 0.000000219. The minimum absolute atomic E-state index is 0.176. The van der Waals surface area contributed by atoms with Gasteiger partial charge in [0.1, 0.15) is 17.2 Å². The van der Waals surface area contributed by atoms with E-state index in [-0.39, 0.29) is 5.75 Å². The first-order valence-electron chi connectivity index (χ1n) is 14.0. The molecular weight excluding hydrogens is 535 g/mol. The number of aromatic hydroxyl groups is 1. The molecule has 6 aromatic carbocycles. The van der Waals surface area contributed by atoms with E-state index < -0.39 is 13.0 Å². The Kier molecular flexibility index (Phi) is 7.77. The predicted octanol–water partition coefficient (Wildman–Crippen LogP) is 9.81. The number of benzene rings is 6. The normalized spacial score (nSPS) is 15.6. The van der Waals surface area contributed by atoms with Crippen molar-refractivity contribution in [2.75, 3.05) is 0 Å². The average molecular weight is 567 g/mol. The monoisotopic (exact) mass is 566 g/mol. The van der Waals surface area contributed by atoms with Crippen LogP contribution in [0.15, 0.2) is 158 Å². The van der Waals surface area contributed by atoms with Crippen molar-refractivity contribution in [3.63, 3.8) is 0 Å². The van der Waals surface area contributed by atoms with Gasteiger partial charge in [-0.3, -0.25) is 4.57 Å². The summed E-state index contributed by atoms with van der Waals surface area (Å²) < 4.78 is 21.2. The van der Waals surface area contributed by atoms with Crippen molar-refractivity contribution < 1.29 is 14.2 Å². The van der Waals surface area contributed by atoms with Gasteiger partial charge >= 0.3 is 0 Å². The van der Waals surface area contributed by atoms with Crippen LogP contribution in [0.1, 0.15) is 22.3 Å². The lowest BCUT2D eigenvalue weighted by atomic mass is 10.0. The minimum atomic E-state index is -3.40. The Morgan fingerprint density at radius 2 is 1.02 bits per heavy atom. The summed E-state index contributed by atoms with van der Waals surface area (Å²) in [4.78, 5) is 0.